The van der Waals surface area contributed by atoms with E-state index in [4.69, 9.17) is 5.73 Å². The molecule has 0 unspecified atom stereocenters. The van der Waals surface area contributed by atoms with Crippen LogP contribution in [0.1, 0.15) is 34.3 Å². The number of carbonyl (C=O) groups excluding carboxylic acids is 1. The Morgan fingerprint density at radius 1 is 1.64 bits per heavy atom. The molecule has 1 aliphatic carbocycles. The van der Waals surface area contributed by atoms with Gasteiger partial charge in [0, 0.05) is 16.1 Å². The minimum atomic E-state index is 0.00907. The number of amides is 1. The van der Waals surface area contributed by atoms with Gasteiger partial charge in [0.05, 0.1) is 4.88 Å². The van der Waals surface area contributed by atoms with Crippen LogP contribution < -0.4 is 11.1 Å². The van der Waals surface area contributed by atoms with Crippen LogP contribution in [0.5, 0.6) is 0 Å². The maximum absolute atomic E-state index is 11.7. The van der Waals surface area contributed by atoms with Crippen molar-refractivity contribution < 1.29 is 4.79 Å². The number of thiophene rings is 1. The molecule has 1 fully saturated rings. The Morgan fingerprint density at radius 2 is 2.29 bits per heavy atom. The molecule has 0 aromatic carbocycles. The van der Waals surface area contributed by atoms with Gasteiger partial charge in [-0.2, -0.15) is 0 Å². The zero-order valence-electron chi connectivity index (χ0n) is 8.39. The Hall–Kier alpha value is -1.03. The summed E-state index contributed by atoms with van der Waals surface area (Å²) in [5.74, 6) is 0.00907. The number of nitrogen functional groups attached to an aromatic ring is 1. The number of carbonyl (C=O) groups is 1. The fraction of sp³-hybridized carbons (Fsp3) is 0.500. The molecule has 3 N–H and O–H groups in total. The predicted octanol–water partition coefficient (Wildman–Crippen LogP) is 1.92. The Labute approximate surface area is 87.3 Å². The van der Waals surface area contributed by atoms with Gasteiger partial charge in [-0.25, -0.2) is 0 Å². The van der Waals surface area contributed by atoms with E-state index in [1.54, 1.807) is 6.07 Å². The highest BCUT2D eigenvalue weighted by Crippen LogP contribution is 2.35. The van der Waals surface area contributed by atoms with Crippen LogP contribution in [0.2, 0.25) is 0 Å². The number of anilines is 1. The van der Waals surface area contributed by atoms with Gasteiger partial charge in [-0.15, -0.1) is 11.3 Å². The van der Waals surface area contributed by atoms with Gasteiger partial charge in [0.2, 0.25) is 0 Å². The molecule has 2 rings (SSSR count). The number of hydrogen-bond donors (Lipinski definition) is 2. The smallest absolute Gasteiger partial charge is 0.261 e. The molecule has 1 aromatic heterocycles. The van der Waals surface area contributed by atoms with Gasteiger partial charge < -0.3 is 11.1 Å². The highest BCUT2D eigenvalue weighted by atomic mass is 32.1. The molecule has 1 heterocycles. The van der Waals surface area contributed by atoms with Crippen molar-refractivity contribution >= 4 is 22.9 Å². The molecule has 1 saturated carbocycles. The summed E-state index contributed by atoms with van der Waals surface area (Å²) in [6.07, 6.45) is 2.16. The molecule has 0 aliphatic heterocycles. The predicted molar refractivity (Wildman–Crippen MR) is 58.6 cm³/mol. The molecule has 0 saturated heterocycles. The second-order valence-corrected chi connectivity index (χ2v) is 5.39. The average molecular weight is 210 g/mol. The molecule has 1 amide bonds. The highest BCUT2D eigenvalue weighted by Gasteiger charge is 2.39. The second kappa shape index (κ2) is 2.98. The molecule has 0 spiro atoms. The summed E-state index contributed by atoms with van der Waals surface area (Å²) in [6, 6.07) is 1.75. The summed E-state index contributed by atoms with van der Waals surface area (Å²) in [5.41, 5.74) is 6.44. The van der Waals surface area contributed by atoms with Gasteiger partial charge in [0.15, 0.2) is 0 Å². The fourth-order valence-electron chi connectivity index (χ4n) is 1.26. The van der Waals surface area contributed by atoms with Crippen molar-refractivity contribution in [2.24, 2.45) is 0 Å². The molecular formula is C10H14N2OS. The lowest BCUT2D eigenvalue weighted by molar-refractivity contribution is 0.0939. The van der Waals surface area contributed by atoms with Gasteiger partial charge in [-0.05, 0) is 32.8 Å². The molecule has 3 nitrogen and oxygen atoms in total. The van der Waals surface area contributed by atoms with E-state index in [1.165, 1.54) is 11.3 Å². The molecule has 0 atom stereocenters. The van der Waals surface area contributed by atoms with Crippen molar-refractivity contribution in [2.75, 3.05) is 5.73 Å². The summed E-state index contributed by atoms with van der Waals surface area (Å²) in [6.45, 7) is 3.99. The lowest BCUT2D eigenvalue weighted by atomic mass is 10.3. The molecular weight excluding hydrogens is 196 g/mol. The standard InChI is InChI=1S/C10H14N2OS/c1-6-7(11)5-8(14-6)9(13)12-10(2)3-4-10/h5H,3-4,11H2,1-2H3,(H,12,13). The lowest BCUT2D eigenvalue weighted by Crippen LogP contribution is -2.33. The lowest BCUT2D eigenvalue weighted by Gasteiger charge is -2.09. The zero-order valence-corrected chi connectivity index (χ0v) is 9.20. The average Bonchev–Trinajstić information content (AvgIpc) is 2.71. The van der Waals surface area contributed by atoms with Crippen LogP contribution >= 0.6 is 11.3 Å². The van der Waals surface area contributed by atoms with E-state index in [1.807, 2.05) is 6.92 Å². The Balaban J connectivity index is 2.11. The van der Waals surface area contributed by atoms with Crippen LogP contribution in [0.15, 0.2) is 6.07 Å². The normalized spacial score (nSPS) is 17.9. The molecule has 4 heteroatoms. The number of nitrogens with one attached hydrogen (secondary N) is 1. The Kier molecular flexibility index (Phi) is 2.03. The molecule has 0 bridgehead atoms. The van der Waals surface area contributed by atoms with Gasteiger partial charge in [0.1, 0.15) is 0 Å². The fourth-order valence-corrected chi connectivity index (χ4v) is 2.09. The summed E-state index contributed by atoms with van der Waals surface area (Å²) < 4.78 is 0. The van der Waals surface area contributed by atoms with Crippen LogP contribution in [-0.2, 0) is 0 Å². The SMILES string of the molecule is Cc1sc(C(=O)NC2(C)CC2)cc1N. The maximum atomic E-state index is 11.7. The first-order chi connectivity index (χ1) is 6.50. The van der Waals surface area contributed by atoms with Crippen molar-refractivity contribution in [2.45, 2.75) is 32.2 Å². The monoisotopic (exact) mass is 210 g/mol. The molecule has 0 radical (unpaired) electrons. The van der Waals surface area contributed by atoms with Gasteiger partial charge in [-0.3, -0.25) is 4.79 Å². The van der Waals surface area contributed by atoms with Crippen molar-refractivity contribution in [1.29, 1.82) is 0 Å². The Bertz CT molecular complexity index is 360. The summed E-state index contributed by atoms with van der Waals surface area (Å²) in [7, 11) is 0. The maximum Gasteiger partial charge on any atom is 0.261 e. The van der Waals surface area contributed by atoms with Gasteiger partial charge in [0.25, 0.3) is 5.91 Å². The Morgan fingerprint density at radius 3 is 2.71 bits per heavy atom. The van der Waals surface area contributed by atoms with E-state index in [-0.39, 0.29) is 11.4 Å². The quantitative estimate of drug-likeness (QED) is 0.783. The minimum Gasteiger partial charge on any atom is -0.398 e. The second-order valence-electron chi connectivity index (χ2n) is 4.14. The van der Waals surface area contributed by atoms with E-state index in [9.17, 15) is 4.79 Å². The van der Waals surface area contributed by atoms with E-state index < -0.39 is 0 Å². The summed E-state index contributed by atoms with van der Waals surface area (Å²) in [4.78, 5) is 13.4. The molecule has 1 aromatic rings. The summed E-state index contributed by atoms with van der Waals surface area (Å²) in [5, 5.41) is 3.00. The van der Waals surface area contributed by atoms with Crippen molar-refractivity contribution in [1.82, 2.24) is 5.32 Å². The van der Waals surface area contributed by atoms with E-state index >= 15 is 0 Å². The highest BCUT2D eigenvalue weighted by molar-refractivity contribution is 7.14. The van der Waals surface area contributed by atoms with E-state index in [0.29, 0.717) is 10.6 Å². The number of hydrogen-bond acceptors (Lipinski definition) is 3. The first kappa shape index (κ1) is 9.52. The first-order valence-electron chi connectivity index (χ1n) is 4.69. The summed E-state index contributed by atoms with van der Waals surface area (Å²) >= 11 is 1.45. The van der Waals surface area contributed by atoms with Crippen LogP contribution in [0.25, 0.3) is 0 Å². The molecule has 1 aliphatic rings. The van der Waals surface area contributed by atoms with Gasteiger partial charge in [-0.1, -0.05) is 0 Å². The van der Waals surface area contributed by atoms with E-state index in [0.717, 1.165) is 17.7 Å². The molecule has 14 heavy (non-hydrogen) atoms. The van der Waals surface area contributed by atoms with Crippen LogP contribution in [-0.4, -0.2) is 11.4 Å². The third kappa shape index (κ3) is 1.75. The van der Waals surface area contributed by atoms with Crippen molar-refractivity contribution in [3.05, 3.63) is 15.8 Å². The largest absolute Gasteiger partial charge is 0.398 e. The van der Waals surface area contributed by atoms with Crippen molar-refractivity contribution in [3.8, 4) is 0 Å². The third-order valence-corrected chi connectivity index (χ3v) is 3.66. The van der Waals surface area contributed by atoms with Crippen LogP contribution in [0.4, 0.5) is 5.69 Å². The van der Waals surface area contributed by atoms with Crippen molar-refractivity contribution in [3.63, 3.8) is 0 Å². The number of nitrogens with two attached hydrogens (primary N) is 1. The van der Waals surface area contributed by atoms with Gasteiger partial charge >= 0.3 is 0 Å². The number of aryl methyl sites for hydroxylation is 1. The van der Waals surface area contributed by atoms with Crippen LogP contribution in [0, 0.1) is 6.92 Å². The zero-order chi connectivity index (χ0) is 10.3. The first-order valence-corrected chi connectivity index (χ1v) is 5.50. The topological polar surface area (TPSA) is 55.1 Å². The van der Waals surface area contributed by atoms with Crippen LogP contribution in [0.3, 0.4) is 0 Å². The number of rotatable bonds is 2. The van der Waals surface area contributed by atoms with E-state index in [2.05, 4.69) is 12.2 Å². The third-order valence-electron chi connectivity index (χ3n) is 2.60. The minimum absolute atomic E-state index is 0.00907. The molecule has 76 valence electrons.